The molecule has 0 heterocycles. The van der Waals surface area contributed by atoms with Gasteiger partial charge in [0, 0.05) is 15.8 Å². The van der Waals surface area contributed by atoms with Crippen molar-refractivity contribution in [1.29, 1.82) is 0 Å². The summed E-state index contributed by atoms with van der Waals surface area (Å²) in [6.45, 7) is -0.457. The van der Waals surface area contributed by atoms with Crippen molar-refractivity contribution in [2.24, 2.45) is 0 Å². The molecule has 110 valence electrons. The number of nitrogens with one attached hydrogen (secondary N) is 1. The van der Waals surface area contributed by atoms with Gasteiger partial charge in [-0.3, -0.25) is 4.79 Å². The van der Waals surface area contributed by atoms with Crippen molar-refractivity contribution < 1.29 is 18.3 Å². The van der Waals surface area contributed by atoms with E-state index in [-0.39, 0.29) is 5.75 Å². The monoisotopic (exact) mass is 356 g/mol. The van der Waals surface area contributed by atoms with Crippen LogP contribution in [0.25, 0.3) is 0 Å². The fourth-order valence-corrected chi connectivity index (χ4v) is 2.00. The molecule has 0 bridgehead atoms. The number of anilines is 2. The highest BCUT2D eigenvalue weighted by molar-refractivity contribution is 9.10. The number of hydrogen-bond donors (Lipinski definition) is 2. The second-order valence-electron chi connectivity index (χ2n) is 4.16. The Hall–Kier alpha value is -2.15. The maximum atomic E-state index is 13.4. The number of carbonyl (C=O) groups is 1. The van der Waals surface area contributed by atoms with Gasteiger partial charge >= 0.3 is 0 Å². The van der Waals surface area contributed by atoms with Crippen LogP contribution in [-0.4, -0.2) is 12.5 Å². The molecule has 0 aliphatic rings. The maximum Gasteiger partial charge on any atom is 0.262 e. The molecule has 3 N–H and O–H groups in total. The molecule has 0 saturated carbocycles. The Bertz CT molecular complexity index is 680. The van der Waals surface area contributed by atoms with Gasteiger partial charge in [-0.25, -0.2) is 4.39 Å². The highest BCUT2D eigenvalue weighted by Gasteiger charge is 2.13. The molecule has 0 atom stereocenters. The van der Waals surface area contributed by atoms with Crippen molar-refractivity contribution in [3.05, 3.63) is 52.5 Å². The minimum absolute atomic E-state index is 0.313. The molecule has 0 unspecified atom stereocenters. The first-order chi connectivity index (χ1) is 9.95. The Morgan fingerprint density at radius 3 is 2.76 bits per heavy atom. The quantitative estimate of drug-likeness (QED) is 0.652. The Labute approximate surface area is 128 Å². The fourth-order valence-electron chi connectivity index (χ4n) is 1.59. The van der Waals surface area contributed by atoms with E-state index in [4.69, 9.17) is 10.5 Å². The van der Waals surface area contributed by atoms with Crippen LogP contribution in [-0.2, 0) is 4.79 Å². The van der Waals surface area contributed by atoms with E-state index in [9.17, 15) is 13.6 Å². The lowest BCUT2D eigenvalue weighted by atomic mass is 10.3. The van der Waals surface area contributed by atoms with Crippen LogP contribution in [0.4, 0.5) is 20.2 Å². The lowest BCUT2D eigenvalue weighted by Crippen LogP contribution is -2.20. The van der Waals surface area contributed by atoms with Crippen molar-refractivity contribution in [1.82, 2.24) is 0 Å². The van der Waals surface area contributed by atoms with Gasteiger partial charge in [-0.05, 0) is 30.3 Å². The standard InChI is InChI=1S/C14H11BrF2N2O2/c15-8-4-11(16)14(17)12(5-8)21-7-13(20)19-10-3-1-2-9(18)6-10/h1-6H,7,18H2,(H,19,20). The maximum absolute atomic E-state index is 13.4. The van der Waals surface area contributed by atoms with Crippen molar-refractivity contribution in [3.8, 4) is 5.75 Å². The molecule has 2 aromatic carbocycles. The number of nitrogens with two attached hydrogens (primary N) is 1. The highest BCUT2D eigenvalue weighted by Crippen LogP contribution is 2.25. The number of hydrogen-bond acceptors (Lipinski definition) is 3. The molecule has 0 aliphatic heterocycles. The zero-order valence-corrected chi connectivity index (χ0v) is 12.3. The van der Waals surface area contributed by atoms with Crippen LogP contribution in [0.3, 0.4) is 0 Å². The van der Waals surface area contributed by atoms with Crippen LogP contribution in [0.2, 0.25) is 0 Å². The smallest absolute Gasteiger partial charge is 0.262 e. The molecule has 0 aromatic heterocycles. The number of nitrogen functional groups attached to an aromatic ring is 1. The van der Waals surface area contributed by atoms with Gasteiger partial charge in [0.2, 0.25) is 5.82 Å². The van der Waals surface area contributed by atoms with Gasteiger partial charge in [-0.2, -0.15) is 4.39 Å². The highest BCUT2D eigenvalue weighted by atomic mass is 79.9. The lowest BCUT2D eigenvalue weighted by molar-refractivity contribution is -0.118. The first kappa shape index (κ1) is 15.2. The Morgan fingerprint density at radius 2 is 2.05 bits per heavy atom. The van der Waals surface area contributed by atoms with E-state index in [1.54, 1.807) is 24.3 Å². The number of halogens is 3. The van der Waals surface area contributed by atoms with Gasteiger partial charge in [-0.1, -0.05) is 22.0 Å². The van der Waals surface area contributed by atoms with Crippen LogP contribution in [0.1, 0.15) is 0 Å². The van der Waals surface area contributed by atoms with Crippen molar-refractivity contribution in [2.75, 3.05) is 17.7 Å². The molecule has 4 nitrogen and oxygen atoms in total. The number of ether oxygens (including phenoxy) is 1. The summed E-state index contributed by atoms with van der Waals surface area (Å²) in [6, 6.07) is 8.77. The van der Waals surface area contributed by atoms with Gasteiger partial charge in [0.1, 0.15) is 0 Å². The summed E-state index contributed by atoms with van der Waals surface area (Å²) in [6.07, 6.45) is 0. The van der Waals surface area contributed by atoms with Crippen LogP contribution < -0.4 is 15.8 Å². The second kappa shape index (κ2) is 6.53. The van der Waals surface area contributed by atoms with Crippen LogP contribution in [0.15, 0.2) is 40.9 Å². The van der Waals surface area contributed by atoms with Gasteiger partial charge in [0.25, 0.3) is 5.91 Å². The Balaban J connectivity index is 1.98. The molecule has 0 radical (unpaired) electrons. The van der Waals surface area contributed by atoms with E-state index < -0.39 is 24.1 Å². The molecular formula is C14H11BrF2N2O2. The van der Waals surface area contributed by atoms with E-state index in [2.05, 4.69) is 21.2 Å². The molecule has 2 rings (SSSR count). The number of rotatable bonds is 4. The predicted molar refractivity (Wildman–Crippen MR) is 79.0 cm³/mol. The third-order valence-corrected chi connectivity index (χ3v) is 2.95. The first-order valence-electron chi connectivity index (χ1n) is 5.88. The molecule has 21 heavy (non-hydrogen) atoms. The summed E-state index contributed by atoms with van der Waals surface area (Å²) in [4.78, 5) is 11.7. The number of amides is 1. The van der Waals surface area contributed by atoms with E-state index in [0.29, 0.717) is 15.8 Å². The molecular weight excluding hydrogens is 346 g/mol. The van der Waals surface area contributed by atoms with E-state index in [0.717, 1.165) is 6.07 Å². The summed E-state index contributed by atoms with van der Waals surface area (Å²) in [5.74, 6) is -3.06. The molecule has 0 fully saturated rings. The summed E-state index contributed by atoms with van der Waals surface area (Å²) >= 11 is 3.01. The SMILES string of the molecule is Nc1cccc(NC(=O)COc2cc(Br)cc(F)c2F)c1. The molecule has 1 amide bonds. The normalized spacial score (nSPS) is 10.2. The summed E-state index contributed by atoms with van der Waals surface area (Å²) in [5, 5.41) is 2.53. The van der Waals surface area contributed by atoms with Gasteiger partial charge < -0.3 is 15.8 Å². The van der Waals surface area contributed by atoms with E-state index >= 15 is 0 Å². The van der Waals surface area contributed by atoms with Crippen molar-refractivity contribution in [2.45, 2.75) is 0 Å². The average molecular weight is 357 g/mol. The van der Waals surface area contributed by atoms with Gasteiger partial charge in [-0.15, -0.1) is 0 Å². The molecule has 0 spiro atoms. The minimum atomic E-state index is -1.14. The molecule has 0 saturated heterocycles. The minimum Gasteiger partial charge on any atom is -0.481 e. The third-order valence-electron chi connectivity index (χ3n) is 2.49. The van der Waals surface area contributed by atoms with Crippen LogP contribution >= 0.6 is 15.9 Å². The van der Waals surface area contributed by atoms with Crippen LogP contribution in [0, 0.1) is 11.6 Å². The summed E-state index contributed by atoms with van der Waals surface area (Å²) in [7, 11) is 0. The van der Waals surface area contributed by atoms with Crippen LogP contribution in [0.5, 0.6) is 5.75 Å². The fraction of sp³-hybridized carbons (Fsp3) is 0.0714. The van der Waals surface area contributed by atoms with Crippen molar-refractivity contribution >= 4 is 33.2 Å². The first-order valence-corrected chi connectivity index (χ1v) is 6.68. The molecule has 0 aliphatic carbocycles. The number of benzene rings is 2. The second-order valence-corrected chi connectivity index (χ2v) is 5.08. The zero-order valence-electron chi connectivity index (χ0n) is 10.7. The number of carbonyl (C=O) groups excluding carboxylic acids is 1. The van der Waals surface area contributed by atoms with E-state index in [1.807, 2.05) is 0 Å². The van der Waals surface area contributed by atoms with Gasteiger partial charge in [0.15, 0.2) is 18.2 Å². The average Bonchev–Trinajstić information content (AvgIpc) is 2.41. The van der Waals surface area contributed by atoms with Gasteiger partial charge in [0.05, 0.1) is 0 Å². The predicted octanol–water partition coefficient (Wildman–Crippen LogP) is 3.33. The summed E-state index contributed by atoms with van der Waals surface area (Å²) < 4.78 is 31.9. The Morgan fingerprint density at radius 1 is 1.29 bits per heavy atom. The zero-order chi connectivity index (χ0) is 15.4. The Kier molecular flexibility index (Phi) is 4.74. The molecule has 2 aromatic rings. The largest absolute Gasteiger partial charge is 0.481 e. The third kappa shape index (κ3) is 4.16. The topological polar surface area (TPSA) is 64.3 Å². The van der Waals surface area contributed by atoms with E-state index in [1.165, 1.54) is 6.07 Å². The summed E-state index contributed by atoms with van der Waals surface area (Å²) in [5.41, 5.74) is 6.56. The van der Waals surface area contributed by atoms with Crippen molar-refractivity contribution in [3.63, 3.8) is 0 Å². The molecule has 7 heteroatoms. The lowest BCUT2D eigenvalue weighted by Gasteiger charge is -2.09.